The molecule has 20 heavy (non-hydrogen) atoms. The second-order valence-corrected chi connectivity index (χ2v) is 5.16. The van der Waals surface area contributed by atoms with Gasteiger partial charge in [0.25, 0.3) is 0 Å². The normalized spacial score (nSPS) is 23.6. The van der Waals surface area contributed by atoms with Gasteiger partial charge < -0.3 is 21.1 Å². The average molecular weight is 275 g/mol. The van der Waals surface area contributed by atoms with Crippen molar-refractivity contribution in [1.82, 2.24) is 0 Å². The first kappa shape index (κ1) is 13.1. The molecule has 2 aliphatic heterocycles. The Bertz CT molecular complexity index is 553. The van der Waals surface area contributed by atoms with E-state index in [1.165, 1.54) is 0 Å². The molecule has 0 aliphatic carbocycles. The summed E-state index contributed by atoms with van der Waals surface area (Å²) in [6.45, 7) is 0.746. The summed E-state index contributed by atoms with van der Waals surface area (Å²) in [5.74, 6) is -0.624. The predicted molar refractivity (Wildman–Crippen MR) is 74.2 cm³/mol. The number of anilines is 2. The number of hydrogen-bond donors (Lipinski definition) is 3. The van der Waals surface area contributed by atoms with Crippen molar-refractivity contribution >= 4 is 23.2 Å². The van der Waals surface area contributed by atoms with Gasteiger partial charge in [0.05, 0.1) is 23.5 Å². The lowest BCUT2D eigenvalue weighted by Crippen LogP contribution is -2.25. The van der Waals surface area contributed by atoms with Crippen LogP contribution in [0.4, 0.5) is 11.4 Å². The zero-order valence-electron chi connectivity index (χ0n) is 11.0. The van der Waals surface area contributed by atoms with Gasteiger partial charge in [-0.25, -0.2) is 0 Å². The molecule has 2 atom stereocenters. The molecule has 0 spiro atoms. The van der Waals surface area contributed by atoms with Crippen LogP contribution in [0.25, 0.3) is 0 Å². The van der Waals surface area contributed by atoms with E-state index in [0.717, 1.165) is 25.0 Å². The summed E-state index contributed by atoms with van der Waals surface area (Å²) in [5, 5.41) is 5.41. The summed E-state index contributed by atoms with van der Waals surface area (Å²) in [6.07, 6.45) is 1.82. The van der Waals surface area contributed by atoms with Crippen LogP contribution in [0, 0.1) is 0 Å². The van der Waals surface area contributed by atoms with Crippen molar-refractivity contribution in [3.63, 3.8) is 0 Å². The number of rotatable bonds is 2. The molecule has 6 heteroatoms. The Morgan fingerprint density at radius 1 is 1.20 bits per heavy atom. The zero-order valence-corrected chi connectivity index (χ0v) is 11.0. The van der Waals surface area contributed by atoms with Crippen LogP contribution in [0.2, 0.25) is 0 Å². The van der Waals surface area contributed by atoms with Gasteiger partial charge in [0.1, 0.15) is 6.42 Å². The van der Waals surface area contributed by atoms with Crippen LogP contribution >= 0.6 is 0 Å². The van der Waals surface area contributed by atoms with Gasteiger partial charge in [-0.1, -0.05) is 6.07 Å². The summed E-state index contributed by atoms with van der Waals surface area (Å²) >= 11 is 0. The third-order valence-corrected chi connectivity index (χ3v) is 3.66. The van der Waals surface area contributed by atoms with E-state index < -0.39 is 0 Å². The minimum absolute atomic E-state index is 0.0177. The van der Waals surface area contributed by atoms with Gasteiger partial charge in [0, 0.05) is 6.61 Å². The fourth-order valence-electron chi connectivity index (χ4n) is 2.62. The highest BCUT2D eigenvalue weighted by Crippen LogP contribution is 2.31. The number of carbonyl (C=O) groups is 2. The van der Waals surface area contributed by atoms with Crippen molar-refractivity contribution in [2.45, 2.75) is 31.4 Å². The van der Waals surface area contributed by atoms with E-state index in [1.54, 1.807) is 6.07 Å². The van der Waals surface area contributed by atoms with Crippen molar-refractivity contribution in [3.8, 4) is 0 Å². The van der Waals surface area contributed by atoms with Crippen molar-refractivity contribution in [2.24, 2.45) is 5.73 Å². The number of benzene rings is 1. The van der Waals surface area contributed by atoms with Crippen molar-refractivity contribution in [3.05, 3.63) is 23.8 Å². The van der Waals surface area contributed by atoms with Gasteiger partial charge in [-0.05, 0) is 30.5 Å². The number of amides is 2. The Labute approximate surface area is 116 Å². The van der Waals surface area contributed by atoms with Crippen LogP contribution in [0.5, 0.6) is 0 Å². The Hall–Kier alpha value is -1.92. The highest BCUT2D eigenvalue weighted by Gasteiger charge is 2.25. The molecule has 1 aromatic rings. The minimum Gasteiger partial charge on any atom is -0.376 e. The quantitative estimate of drug-likeness (QED) is 0.706. The number of nitrogens with two attached hydrogens (primary N) is 1. The highest BCUT2D eigenvalue weighted by molar-refractivity contribution is 6.13. The third kappa shape index (κ3) is 2.52. The smallest absolute Gasteiger partial charge is 0.233 e. The van der Waals surface area contributed by atoms with Crippen molar-refractivity contribution in [2.75, 3.05) is 17.2 Å². The first-order valence-electron chi connectivity index (χ1n) is 6.74. The van der Waals surface area contributed by atoms with Crippen LogP contribution in [0.15, 0.2) is 18.2 Å². The van der Waals surface area contributed by atoms with Gasteiger partial charge in [-0.2, -0.15) is 0 Å². The molecule has 2 aliphatic rings. The molecule has 0 aromatic heterocycles. The molecule has 1 aromatic carbocycles. The Morgan fingerprint density at radius 3 is 2.65 bits per heavy atom. The summed E-state index contributed by atoms with van der Waals surface area (Å²) in [6, 6.07) is 5.22. The SMILES string of the molecule is NC(c1ccc2c(c1)NC(=O)CC(=O)N2)C1CCCO1. The highest BCUT2D eigenvalue weighted by atomic mass is 16.5. The predicted octanol–water partition coefficient (Wildman–Crippen LogP) is 1.15. The molecule has 2 unspecified atom stereocenters. The maximum absolute atomic E-state index is 11.6. The van der Waals surface area contributed by atoms with E-state index in [-0.39, 0.29) is 30.4 Å². The first-order chi connectivity index (χ1) is 9.63. The fraction of sp³-hybridized carbons (Fsp3) is 0.429. The molecule has 1 fully saturated rings. The van der Waals surface area contributed by atoms with Crippen molar-refractivity contribution < 1.29 is 14.3 Å². The van der Waals surface area contributed by atoms with Crippen molar-refractivity contribution in [1.29, 1.82) is 0 Å². The van der Waals surface area contributed by atoms with E-state index in [2.05, 4.69) is 10.6 Å². The van der Waals surface area contributed by atoms with Gasteiger partial charge in [0.15, 0.2) is 0 Å². The Kier molecular flexibility index (Phi) is 3.42. The molecule has 1 saturated heterocycles. The molecule has 106 valence electrons. The molecule has 0 bridgehead atoms. The van der Waals surface area contributed by atoms with Gasteiger partial charge in [-0.3, -0.25) is 9.59 Å². The van der Waals surface area contributed by atoms with Crippen LogP contribution in [0.1, 0.15) is 30.9 Å². The second kappa shape index (κ2) is 5.22. The summed E-state index contributed by atoms with van der Waals surface area (Å²) in [7, 11) is 0. The fourth-order valence-corrected chi connectivity index (χ4v) is 2.62. The lowest BCUT2D eigenvalue weighted by atomic mass is 9.99. The van der Waals surface area contributed by atoms with Gasteiger partial charge >= 0.3 is 0 Å². The minimum atomic E-state index is -0.316. The molecule has 6 nitrogen and oxygen atoms in total. The molecule has 0 radical (unpaired) electrons. The van der Waals surface area contributed by atoms with E-state index in [4.69, 9.17) is 10.5 Å². The topological polar surface area (TPSA) is 93.5 Å². The summed E-state index contributed by atoms with van der Waals surface area (Å²) in [4.78, 5) is 23.0. The molecular formula is C14H17N3O3. The lowest BCUT2D eigenvalue weighted by Gasteiger charge is -2.20. The monoisotopic (exact) mass is 275 g/mol. The zero-order chi connectivity index (χ0) is 14.1. The summed E-state index contributed by atoms with van der Waals surface area (Å²) in [5.41, 5.74) is 8.30. The number of carbonyl (C=O) groups excluding carboxylic acids is 2. The van der Waals surface area contributed by atoms with Crippen LogP contribution in [-0.4, -0.2) is 24.5 Å². The maximum atomic E-state index is 11.6. The maximum Gasteiger partial charge on any atom is 0.233 e. The van der Waals surface area contributed by atoms with Gasteiger partial charge in [-0.15, -0.1) is 0 Å². The van der Waals surface area contributed by atoms with Crippen LogP contribution < -0.4 is 16.4 Å². The number of hydrogen-bond acceptors (Lipinski definition) is 4. The van der Waals surface area contributed by atoms with E-state index in [1.807, 2.05) is 12.1 Å². The Morgan fingerprint density at radius 2 is 1.95 bits per heavy atom. The van der Waals surface area contributed by atoms with Crippen LogP contribution in [-0.2, 0) is 14.3 Å². The molecule has 4 N–H and O–H groups in total. The average Bonchev–Trinajstić information content (AvgIpc) is 2.88. The van der Waals surface area contributed by atoms with E-state index in [0.29, 0.717) is 11.4 Å². The number of nitrogens with one attached hydrogen (secondary N) is 2. The molecule has 2 amide bonds. The standard InChI is InChI=1S/C14H17N3O3/c15-14(11-2-1-5-20-11)8-3-4-9-10(6-8)17-13(19)7-12(18)16-9/h3-4,6,11,14H,1-2,5,7,15H2,(H,16,18)(H,17,19). The molecular weight excluding hydrogens is 258 g/mol. The molecule has 2 heterocycles. The Balaban J connectivity index is 1.88. The van der Waals surface area contributed by atoms with E-state index >= 15 is 0 Å². The summed E-state index contributed by atoms with van der Waals surface area (Å²) < 4.78 is 5.59. The first-order valence-corrected chi connectivity index (χ1v) is 6.74. The number of ether oxygens (including phenoxy) is 1. The molecule has 3 rings (SSSR count). The number of fused-ring (bicyclic) bond motifs is 1. The second-order valence-electron chi connectivity index (χ2n) is 5.16. The third-order valence-electron chi connectivity index (χ3n) is 3.66. The van der Waals surface area contributed by atoms with Crippen LogP contribution in [0.3, 0.4) is 0 Å². The van der Waals surface area contributed by atoms with Gasteiger partial charge in [0.2, 0.25) is 11.8 Å². The lowest BCUT2D eigenvalue weighted by molar-refractivity contribution is -0.123. The van der Waals surface area contributed by atoms with E-state index in [9.17, 15) is 9.59 Å². The molecule has 0 saturated carbocycles. The largest absolute Gasteiger partial charge is 0.376 e.